The summed E-state index contributed by atoms with van der Waals surface area (Å²) < 4.78 is 50.8. The largest absolute Gasteiger partial charge is 0.573 e. The second kappa shape index (κ2) is 9.32. The van der Waals surface area contributed by atoms with E-state index in [1.165, 1.54) is 25.3 Å². The molecule has 0 bridgehead atoms. The van der Waals surface area contributed by atoms with Crippen LogP contribution in [-0.4, -0.2) is 37.6 Å². The minimum absolute atomic E-state index is 0.131. The van der Waals surface area contributed by atoms with E-state index in [0.29, 0.717) is 29.2 Å². The van der Waals surface area contributed by atoms with Crippen molar-refractivity contribution in [2.24, 2.45) is 0 Å². The first-order chi connectivity index (χ1) is 13.2. The Labute approximate surface area is 159 Å². The van der Waals surface area contributed by atoms with Crippen LogP contribution in [0.5, 0.6) is 17.2 Å². The topological polar surface area (TPSA) is 77.0 Å². The van der Waals surface area contributed by atoms with Crippen molar-refractivity contribution in [1.29, 1.82) is 0 Å². The summed E-state index contributed by atoms with van der Waals surface area (Å²) in [7, 11) is 1.45. The Morgan fingerprint density at radius 2 is 1.82 bits per heavy atom. The molecule has 2 aromatic rings. The van der Waals surface area contributed by atoms with Crippen LogP contribution in [0.3, 0.4) is 0 Å². The van der Waals surface area contributed by atoms with Crippen LogP contribution in [0, 0.1) is 0 Å². The summed E-state index contributed by atoms with van der Waals surface area (Å²) in [5.74, 6) is 0.0597. The normalized spacial score (nSPS) is 12.2. The number of methoxy groups -OCH3 is 1. The summed E-state index contributed by atoms with van der Waals surface area (Å²) in [5, 5.41) is 12.7. The van der Waals surface area contributed by atoms with E-state index < -0.39 is 24.1 Å². The summed E-state index contributed by atoms with van der Waals surface area (Å²) in [4.78, 5) is 12.3. The van der Waals surface area contributed by atoms with Crippen LogP contribution in [0.25, 0.3) is 0 Å². The van der Waals surface area contributed by atoms with E-state index in [-0.39, 0.29) is 6.54 Å². The van der Waals surface area contributed by atoms with Crippen LogP contribution in [0.4, 0.5) is 13.2 Å². The zero-order valence-electron chi connectivity index (χ0n) is 15.2. The maximum absolute atomic E-state index is 12.3. The Morgan fingerprint density at radius 3 is 2.39 bits per heavy atom. The Hall–Kier alpha value is -2.94. The molecule has 2 N–H and O–H groups in total. The molecule has 6 nitrogen and oxygen atoms in total. The number of carbonyl (C=O) groups is 1. The summed E-state index contributed by atoms with van der Waals surface area (Å²) in [6, 6.07) is 9.42. The van der Waals surface area contributed by atoms with Crippen molar-refractivity contribution in [3.63, 3.8) is 0 Å². The van der Waals surface area contributed by atoms with Gasteiger partial charge in [-0.25, -0.2) is 0 Å². The third-order valence-electron chi connectivity index (χ3n) is 3.68. The molecule has 9 heteroatoms. The lowest BCUT2D eigenvalue weighted by Gasteiger charge is -2.14. The molecule has 0 aromatic heterocycles. The molecule has 2 aromatic carbocycles. The van der Waals surface area contributed by atoms with Crippen LogP contribution in [0.2, 0.25) is 0 Å². The maximum Gasteiger partial charge on any atom is 0.573 e. The summed E-state index contributed by atoms with van der Waals surface area (Å²) in [5.41, 5.74) is 0.639. The van der Waals surface area contributed by atoms with Gasteiger partial charge in [0.25, 0.3) is 5.91 Å². The Bertz CT molecular complexity index is 793. The molecule has 1 atom stereocenters. The smallest absolute Gasteiger partial charge is 0.493 e. The Morgan fingerprint density at radius 1 is 1.14 bits per heavy atom. The van der Waals surface area contributed by atoms with E-state index in [4.69, 9.17) is 9.47 Å². The first-order valence-corrected chi connectivity index (χ1v) is 8.36. The SMILES string of the molecule is CCOc1ccc(C(=O)NCC(O)c2ccc(OC(F)(F)F)cc2)cc1OC. The lowest BCUT2D eigenvalue weighted by molar-refractivity contribution is -0.274. The predicted molar refractivity (Wildman–Crippen MR) is 94.6 cm³/mol. The van der Waals surface area contributed by atoms with Crippen molar-refractivity contribution in [2.45, 2.75) is 19.4 Å². The number of hydrogen-bond acceptors (Lipinski definition) is 5. The number of alkyl halides is 3. The number of amides is 1. The molecule has 0 fully saturated rings. The van der Waals surface area contributed by atoms with Crippen LogP contribution in [0.1, 0.15) is 28.9 Å². The lowest BCUT2D eigenvalue weighted by Crippen LogP contribution is -2.28. The van der Waals surface area contributed by atoms with Gasteiger partial charge in [-0.3, -0.25) is 4.79 Å². The first-order valence-electron chi connectivity index (χ1n) is 8.36. The zero-order valence-corrected chi connectivity index (χ0v) is 15.2. The lowest BCUT2D eigenvalue weighted by atomic mass is 10.1. The van der Waals surface area contributed by atoms with Crippen molar-refractivity contribution in [3.05, 3.63) is 53.6 Å². The fourth-order valence-corrected chi connectivity index (χ4v) is 2.38. The summed E-state index contributed by atoms with van der Waals surface area (Å²) in [6.07, 6.45) is -5.89. The van der Waals surface area contributed by atoms with Crippen molar-refractivity contribution in [3.8, 4) is 17.2 Å². The third-order valence-corrected chi connectivity index (χ3v) is 3.68. The van der Waals surface area contributed by atoms with Crippen molar-refractivity contribution < 1.29 is 37.3 Å². The molecule has 28 heavy (non-hydrogen) atoms. The highest BCUT2D eigenvalue weighted by molar-refractivity contribution is 5.94. The number of ether oxygens (including phenoxy) is 3. The molecule has 0 saturated heterocycles. The fourth-order valence-electron chi connectivity index (χ4n) is 2.38. The quantitative estimate of drug-likeness (QED) is 0.711. The Balaban J connectivity index is 1.96. The minimum atomic E-state index is -4.78. The van der Waals surface area contributed by atoms with Gasteiger partial charge in [0.1, 0.15) is 5.75 Å². The van der Waals surface area contributed by atoms with Crippen molar-refractivity contribution >= 4 is 5.91 Å². The molecule has 0 saturated carbocycles. The Kier molecular flexibility index (Phi) is 7.11. The molecule has 0 aliphatic rings. The van der Waals surface area contributed by atoms with E-state index in [1.807, 2.05) is 6.92 Å². The van der Waals surface area contributed by atoms with E-state index in [9.17, 15) is 23.1 Å². The molecular weight excluding hydrogens is 379 g/mol. The van der Waals surface area contributed by atoms with Crippen molar-refractivity contribution in [2.75, 3.05) is 20.3 Å². The minimum Gasteiger partial charge on any atom is -0.493 e. The van der Waals surface area contributed by atoms with E-state index in [0.717, 1.165) is 12.1 Å². The number of aliphatic hydroxyl groups is 1. The number of aliphatic hydroxyl groups excluding tert-OH is 1. The molecule has 1 unspecified atom stereocenters. The third kappa shape index (κ3) is 6.05. The second-order valence-electron chi connectivity index (χ2n) is 5.64. The first kappa shape index (κ1) is 21.4. The molecule has 0 spiro atoms. The molecule has 152 valence electrons. The number of carbonyl (C=O) groups excluding carboxylic acids is 1. The molecule has 0 aliphatic carbocycles. The van der Waals surface area contributed by atoms with Gasteiger partial charge in [-0.15, -0.1) is 13.2 Å². The van der Waals surface area contributed by atoms with Crippen LogP contribution in [0.15, 0.2) is 42.5 Å². The fraction of sp³-hybridized carbons (Fsp3) is 0.316. The number of benzene rings is 2. The van der Waals surface area contributed by atoms with E-state index in [1.54, 1.807) is 12.1 Å². The van der Waals surface area contributed by atoms with Crippen LogP contribution in [-0.2, 0) is 0 Å². The maximum atomic E-state index is 12.3. The zero-order chi connectivity index (χ0) is 20.7. The van der Waals surface area contributed by atoms with Crippen LogP contribution >= 0.6 is 0 Å². The monoisotopic (exact) mass is 399 g/mol. The molecule has 0 aliphatic heterocycles. The van der Waals surface area contributed by atoms with Crippen LogP contribution < -0.4 is 19.5 Å². The van der Waals surface area contributed by atoms with E-state index >= 15 is 0 Å². The van der Waals surface area contributed by atoms with Gasteiger partial charge in [0.05, 0.1) is 19.8 Å². The molecule has 0 radical (unpaired) electrons. The van der Waals surface area contributed by atoms with Gasteiger partial charge in [-0.1, -0.05) is 12.1 Å². The van der Waals surface area contributed by atoms with Gasteiger partial charge in [-0.05, 0) is 42.8 Å². The number of hydrogen-bond donors (Lipinski definition) is 2. The van der Waals surface area contributed by atoms with Crippen molar-refractivity contribution in [1.82, 2.24) is 5.32 Å². The summed E-state index contributed by atoms with van der Waals surface area (Å²) in [6.45, 7) is 2.14. The van der Waals surface area contributed by atoms with Gasteiger partial charge in [0, 0.05) is 12.1 Å². The average Bonchev–Trinajstić information content (AvgIpc) is 2.65. The molecule has 2 rings (SSSR count). The highest BCUT2D eigenvalue weighted by Crippen LogP contribution is 2.28. The van der Waals surface area contributed by atoms with Gasteiger partial charge in [0.15, 0.2) is 11.5 Å². The predicted octanol–water partition coefficient (Wildman–Crippen LogP) is 3.46. The second-order valence-corrected chi connectivity index (χ2v) is 5.64. The number of rotatable bonds is 8. The number of nitrogens with one attached hydrogen (secondary N) is 1. The highest BCUT2D eigenvalue weighted by Gasteiger charge is 2.31. The standard InChI is InChI=1S/C19H20F3NO5/c1-3-27-16-9-6-13(10-17(16)26-2)18(25)23-11-15(24)12-4-7-14(8-5-12)28-19(20,21)22/h4-10,15,24H,3,11H2,1-2H3,(H,23,25). The van der Waals surface area contributed by atoms with E-state index in [2.05, 4.69) is 10.1 Å². The number of halogens is 3. The van der Waals surface area contributed by atoms with Gasteiger partial charge >= 0.3 is 6.36 Å². The van der Waals surface area contributed by atoms with Gasteiger partial charge in [0.2, 0.25) is 0 Å². The molecule has 1 amide bonds. The molecule has 0 heterocycles. The van der Waals surface area contributed by atoms with Gasteiger partial charge in [-0.2, -0.15) is 0 Å². The average molecular weight is 399 g/mol. The van der Waals surface area contributed by atoms with Gasteiger partial charge < -0.3 is 24.6 Å². The highest BCUT2D eigenvalue weighted by atomic mass is 19.4. The molecular formula is C19H20F3NO5. The summed E-state index contributed by atoms with van der Waals surface area (Å²) >= 11 is 0.